The summed E-state index contributed by atoms with van der Waals surface area (Å²) in [6.07, 6.45) is 3.26. The van der Waals surface area contributed by atoms with Gasteiger partial charge in [-0.2, -0.15) is 5.10 Å². The summed E-state index contributed by atoms with van der Waals surface area (Å²) < 4.78 is 12.8. The molecule has 3 N–H and O–H groups in total. The van der Waals surface area contributed by atoms with Crippen LogP contribution in [0.1, 0.15) is 21.6 Å². The van der Waals surface area contributed by atoms with E-state index in [9.17, 15) is 4.79 Å². The Morgan fingerprint density at radius 1 is 0.976 bits per heavy atom. The Labute approximate surface area is 234 Å². The smallest absolute Gasteiger partial charge is 0.251 e. The molecular weight excluding hydrogens is 520 g/mol. The van der Waals surface area contributed by atoms with Gasteiger partial charge in [-0.15, -0.1) is 0 Å². The molecule has 202 valence electrons. The first-order valence-electron chi connectivity index (χ1n) is 13.0. The molecule has 41 heavy (non-hydrogen) atoms. The number of hydrogen-bond acceptors (Lipinski definition) is 9. The number of hydrogen-bond donors (Lipinski definition) is 3. The molecule has 11 nitrogen and oxygen atoms in total. The van der Waals surface area contributed by atoms with Crippen LogP contribution in [0.3, 0.4) is 0 Å². The summed E-state index contributed by atoms with van der Waals surface area (Å²) in [5.74, 6) is 1.87. The molecule has 3 aromatic carbocycles. The summed E-state index contributed by atoms with van der Waals surface area (Å²) in [6, 6.07) is 24.7. The summed E-state index contributed by atoms with van der Waals surface area (Å²) in [6.45, 7) is 1.50. The molecule has 0 fully saturated rings. The summed E-state index contributed by atoms with van der Waals surface area (Å²) in [4.78, 5) is 21.8. The Hall–Kier alpha value is -5.55. The lowest BCUT2D eigenvalue weighted by molar-refractivity contribution is 0.0950. The van der Waals surface area contributed by atoms with Gasteiger partial charge in [0, 0.05) is 40.6 Å². The predicted octanol–water partition coefficient (Wildman–Crippen LogP) is 4.56. The molecule has 0 atom stereocenters. The fourth-order valence-electron chi connectivity index (χ4n) is 4.68. The fourth-order valence-corrected chi connectivity index (χ4v) is 4.68. The lowest BCUT2D eigenvalue weighted by atomic mass is 10.1. The van der Waals surface area contributed by atoms with Crippen LogP contribution in [0.2, 0.25) is 0 Å². The number of amides is 1. The van der Waals surface area contributed by atoms with Crippen LogP contribution in [0.25, 0.3) is 28.2 Å². The van der Waals surface area contributed by atoms with Crippen molar-refractivity contribution in [2.45, 2.75) is 13.1 Å². The van der Waals surface area contributed by atoms with Gasteiger partial charge in [0.15, 0.2) is 17.2 Å². The van der Waals surface area contributed by atoms with Crippen molar-refractivity contribution in [3.63, 3.8) is 0 Å². The Morgan fingerprint density at radius 3 is 2.73 bits per heavy atom. The third-order valence-corrected chi connectivity index (χ3v) is 6.76. The SMILES string of the molecule is O=C(NCc1cc(-c2ccccc2)on1)c1ccc(Nc2ncc(-c3ccc4c(c3)CNCO4)n3ncnc23)cc1. The number of carbonyl (C=O) groups is 1. The van der Waals surface area contributed by atoms with E-state index in [1.807, 2.05) is 60.7 Å². The highest BCUT2D eigenvalue weighted by atomic mass is 16.5. The van der Waals surface area contributed by atoms with Gasteiger partial charge in [0.05, 0.1) is 18.4 Å². The molecule has 0 bridgehead atoms. The van der Waals surface area contributed by atoms with Gasteiger partial charge < -0.3 is 19.9 Å². The van der Waals surface area contributed by atoms with Crippen molar-refractivity contribution >= 4 is 23.1 Å². The first-order valence-corrected chi connectivity index (χ1v) is 13.0. The van der Waals surface area contributed by atoms with E-state index in [4.69, 9.17) is 9.26 Å². The molecule has 0 aliphatic carbocycles. The van der Waals surface area contributed by atoms with Gasteiger partial charge in [-0.3, -0.25) is 10.1 Å². The minimum atomic E-state index is -0.214. The van der Waals surface area contributed by atoms with E-state index in [2.05, 4.69) is 42.2 Å². The van der Waals surface area contributed by atoms with Crippen LogP contribution < -0.4 is 20.7 Å². The second-order valence-corrected chi connectivity index (χ2v) is 9.46. The quantitative estimate of drug-likeness (QED) is 0.265. The molecule has 6 aromatic rings. The molecule has 4 heterocycles. The Bertz CT molecular complexity index is 1850. The normalized spacial score (nSPS) is 12.5. The van der Waals surface area contributed by atoms with Gasteiger partial charge in [0.25, 0.3) is 5.91 Å². The minimum Gasteiger partial charge on any atom is -0.478 e. The average Bonchev–Trinajstić information content (AvgIpc) is 3.72. The molecule has 0 unspecified atom stereocenters. The standard InChI is InChI=1S/C30H24N8O3/c39-30(33-15-24-13-27(41-37-24)19-4-2-1-3-5-19)20-6-9-23(10-7-20)36-28-29-34-17-35-38(29)25(16-32-28)21-8-11-26-22(12-21)14-31-18-40-26/h1-13,16-17,31H,14-15,18H2,(H,32,36)(H,33,39). The van der Waals surface area contributed by atoms with E-state index in [-0.39, 0.29) is 12.5 Å². The lowest BCUT2D eigenvalue weighted by Crippen LogP contribution is -2.25. The second-order valence-electron chi connectivity index (χ2n) is 9.46. The highest BCUT2D eigenvalue weighted by Gasteiger charge is 2.16. The largest absolute Gasteiger partial charge is 0.478 e. The van der Waals surface area contributed by atoms with Crippen molar-refractivity contribution in [3.05, 3.63) is 108 Å². The monoisotopic (exact) mass is 544 g/mol. The number of carbonyl (C=O) groups excluding carboxylic acids is 1. The third-order valence-electron chi connectivity index (χ3n) is 6.76. The maximum atomic E-state index is 12.7. The van der Waals surface area contributed by atoms with E-state index in [1.54, 1.807) is 22.8 Å². The van der Waals surface area contributed by atoms with Crippen LogP contribution in [0.4, 0.5) is 11.5 Å². The zero-order valence-electron chi connectivity index (χ0n) is 21.7. The van der Waals surface area contributed by atoms with E-state index < -0.39 is 0 Å². The van der Waals surface area contributed by atoms with Crippen LogP contribution >= 0.6 is 0 Å². The number of nitrogens with zero attached hydrogens (tertiary/aromatic N) is 5. The minimum absolute atomic E-state index is 0.214. The Balaban J connectivity index is 1.03. The van der Waals surface area contributed by atoms with Crippen molar-refractivity contribution in [2.24, 2.45) is 0 Å². The molecule has 0 spiro atoms. The lowest BCUT2D eigenvalue weighted by Gasteiger charge is -2.19. The zero-order valence-corrected chi connectivity index (χ0v) is 21.7. The van der Waals surface area contributed by atoms with Gasteiger partial charge in [-0.25, -0.2) is 14.5 Å². The van der Waals surface area contributed by atoms with Crippen molar-refractivity contribution < 1.29 is 14.1 Å². The number of aromatic nitrogens is 5. The highest BCUT2D eigenvalue weighted by molar-refractivity contribution is 5.94. The number of rotatable bonds is 7. The topological polar surface area (TPSA) is 132 Å². The summed E-state index contributed by atoms with van der Waals surface area (Å²) in [5.41, 5.74) is 6.28. The van der Waals surface area contributed by atoms with E-state index in [0.717, 1.165) is 40.4 Å². The van der Waals surface area contributed by atoms with Crippen molar-refractivity contribution in [2.75, 3.05) is 12.0 Å². The fraction of sp³-hybridized carbons (Fsp3) is 0.100. The maximum Gasteiger partial charge on any atom is 0.251 e. The predicted molar refractivity (Wildman–Crippen MR) is 151 cm³/mol. The number of fused-ring (bicyclic) bond motifs is 2. The molecule has 0 saturated heterocycles. The summed E-state index contributed by atoms with van der Waals surface area (Å²) in [7, 11) is 0. The van der Waals surface area contributed by atoms with Crippen molar-refractivity contribution in [3.8, 4) is 28.3 Å². The van der Waals surface area contributed by atoms with Crippen LogP contribution in [0, 0.1) is 0 Å². The molecule has 0 radical (unpaired) electrons. The van der Waals surface area contributed by atoms with Crippen molar-refractivity contribution in [1.29, 1.82) is 0 Å². The zero-order chi connectivity index (χ0) is 27.6. The first-order chi connectivity index (χ1) is 20.2. The van der Waals surface area contributed by atoms with Crippen molar-refractivity contribution in [1.82, 2.24) is 35.4 Å². The van der Waals surface area contributed by atoms with Gasteiger partial charge in [0.1, 0.15) is 24.5 Å². The molecule has 11 heteroatoms. The second kappa shape index (κ2) is 10.5. The number of nitrogens with one attached hydrogen (secondary N) is 3. The Kier molecular flexibility index (Phi) is 6.30. The van der Waals surface area contributed by atoms with Gasteiger partial charge >= 0.3 is 0 Å². The van der Waals surface area contributed by atoms with E-state index in [0.29, 0.717) is 35.2 Å². The average molecular weight is 545 g/mol. The van der Waals surface area contributed by atoms with Crippen LogP contribution in [0.5, 0.6) is 5.75 Å². The Morgan fingerprint density at radius 2 is 1.85 bits per heavy atom. The molecule has 0 saturated carbocycles. The van der Waals surface area contributed by atoms with Gasteiger partial charge in [-0.05, 0) is 42.5 Å². The number of ether oxygens (including phenoxy) is 1. The summed E-state index contributed by atoms with van der Waals surface area (Å²) in [5, 5.41) is 17.9. The van der Waals surface area contributed by atoms with Crippen LogP contribution in [-0.4, -0.2) is 37.4 Å². The van der Waals surface area contributed by atoms with Gasteiger partial charge in [-0.1, -0.05) is 35.5 Å². The molecular formula is C30H24N8O3. The van der Waals surface area contributed by atoms with Crippen LogP contribution in [-0.2, 0) is 13.1 Å². The van der Waals surface area contributed by atoms with Gasteiger partial charge in [0.2, 0.25) is 0 Å². The number of anilines is 2. The van der Waals surface area contributed by atoms with E-state index >= 15 is 0 Å². The molecule has 7 rings (SSSR count). The molecule has 3 aromatic heterocycles. The van der Waals surface area contributed by atoms with E-state index in [1.165, 1.54) is 6.33 Å². The number of benzene rings is 3. The van der Waals surface area contributed by atoms with Crippen LogP contribution in [0.15, 0.2) is 95.9 Å². The molecule has 1 amide bonds. The first kappa shape index (κ1) is 24.5. The maximum absolute atomic E-state index is 12.7. The third kappa shape index (κ3) is 4.97. The highest BCUT2D eigenvalue weighted by Crippen LogP contribution is 2.30. The molecule has 1 aliphatic rings. The molecule has 1 aliphatic heterocycles. The summed E-state index contributed by atoms with van der Waals surface area (Å²) >= 11 is 0.